The maximum Gasteiger partial charge on any atom is 0.222 e. The molecular formula is C15H25NO3. The SMILES string of the molecule is CC(=O)CC1CCCN1C(=O)CCC1CCCCO1. The molecule has 0 radical (unpaired) electrons. The number of ether oxygens (including phenoxy) is 1. The second kappa shape index (κ2) is 7.04. The van der Waals surface area contributed by atoms with Crippen LogP contribution in [0.25, 0.3) is 0 Å². The number of Topliss-reactive ketones (excluding diaryl/α,β-unsaturated/α-hetero) is 1. The molecular weight excluding hydrogens is 242 g/mol. The Morgan fingerprint density at radius 2 is 2.05 bits per heavy atom. The van der Waals surface area contributed by atoms with Gasteiger partial charge in [-0.1, -0.05) is 0 Å². The van der Waals surface area contributed by atoms with E-state index in [-0.39, 0.29) is 23.8 Å². The third kappa shape index (κ3) is 4.30. The molecule has 4 heteroatoms. The number of rotatable bonds is 5. The number of carbonyl (C=O) groups is 2. The summed E-state index contributed by atoms with van der Waals surface area (Å²) in [4.78, 5) is 25.4. The van der Waals surface area contributed by atoms with Crippen LogP contribution in [0.4, 0.5) is 0 Å². The average molecular weight is 267 g/mol. The second-order valence-electron chi connectivity index (χ2n) is 5.82. The Morgan fingerprint density at radius 3 is 2.74 bits per heavy atom. The summed E-state index contributed by atoms with van der Waals surface area (Å²) in [7, 11) is 0. The number of nitrogens with zero attached hydrogens (tertiary/aromatic N) is 1. The lowest BCUT2D eigenvalue weighted by Crippen LogP contribution is -2.37. The first-order valence-corrected chi connectivity index (χ1v) is 7.57. The number of amides is 1. The van der Waals surface area contributed by atoms with E-state index in [1.165, 1.54) is 6.42 Å². The summed E-state index contributed by atoms with van der Waals surface area (Å²) >= 11 is 0. The predicted molar refractivity (Wildman–Crippen MR) is 72.9 cm³/mol. The van der Waals surface area contributed by atoms with Gasteiger partial charge in [0.1, 0.15) is 5.78 Å². The van der Waals surface area contributed by atoms with Crippen molar-refractivity contribution in [3.05, 3.63) is 0 Å². The summed E-state index contributed by atoms with van der Waals surface area (Å²) in [6.07, 6.45) is 7.66. The molecule has 2 unspecified atom stereocenters. The normalized spacial score (nSPS) is 27.5. The molecule has 2 aliphatic rings. The van der Waals surface area contributed by atoms with Crippen molar-refractivity contribution in [2.45, 2.75) is 70.4 Å². The Balaban J connectivity index is 1.76. The molecule has 0 aromatic heterocycles. The van der Waals surface area contributed by atoms with Crippen molar-refractivity contribution in [3.63, 3.8) is 0 Å². The zero-order chi connectivity index (χ0) is 13.7. The highest BCUT2D eigenvalue weighted by Crippen LogP contribution is 2.23. The van der Waals surface area contributed by atoms with Crippen molar-refractivity contribution in [1.29, 1.82) is 0 Å². The Morgan fingerprint density at radius 1 is 1.21 bits per heavy atom. The topological polar surface area (TPSA) is 46.6 Å². The Kier molecular flexibility index (Phi) is 5.37. The van der Waals surface area contributed by atoms with Crippen molar-refractivity contribution < 1.29 is 14.3 Å². The van der Waals surface area contributed by atoms with Gasteiger partial charge in [-0.15, -0.1) is 0 Å². The summed E-state index contributed by atoms with van der Waals surface area (Å²) < 4.78 is 5.66. The van der Waals surface area contributed by atoms with Gasteiger partial charge in [-0.05, 0) is 45.4 Å². The van der Waals surface area contributed by atoms with Gasteiger partial charge in [-0.3, -0.25) is 9.59 Å². The van der Waals surface area contributed by atoms with Crippen LogP contribution in [0.15, 0.2) is 0 Å². The summed E-state index contributed by atoms with van der Waals surface area (Å²) in [5.41, 5.74) is 0. The Hall–Kier alpha value is -0.900. The Bertz CT molecular complexity index is 323. The van der Waals surface area contributed by atoms with Gasteiger partial charge in [0.15, 0.2) is 0 Å². The summed E-state index contributed by atoms with van der Waals surface area (Å²) in [6.45, 7) is 3.27. The molecule has 108 valence electrons. The van der Waals surface area contributed by atoms with Crippen LogP contribution in [0.2, 0.25) is 0 Å². The van der Waals surface area contributed by atoms with Gasteiger partial charge in [-0.2, -0.15) is 0 Å². The molecule has 2 saturated heterocycles. The molecule has 0 aromatic carbocycles. The minimum atomic E-state index is 0.150. The number of likely N-dealkylation sites (tertiary alicyclic amines) is 1. The van der Waals surface area contributed by atoms with Gasteiger partial charge in [0.2, 0.25) is 5.91 Å². The van der Waals surface area contributed by atoms with Crippen LogP contribution in [0.1, 0.15) is 58.3 Å². The van der Waals surface area contributed by atoms with Crippen molar-refractivity contribution in [2.24, 2.45) is 0 Å². The van der Waals surface area contributed by atoms with E-state index in [0.29, 0.717) is 12.8 Å². The molecule has 0 N–H and O–H groups in total. The first-order valence-electron chi connectivity index (χ1n) is 7.57. The summed E-state index contributed by atoms with van der Waals surface area (Å²) in [5, 5.41) is 0. The van der Waals surface area contributed by atoms with Gasteiger partial charge in [-0.25, -0.2) is 0 Å². The number of carbonyl (C=O) groups excluding carboxylic acids is 2. The lowest BCUT2D eigenvalue weighted by atomic mass is 10.0. The zero-order valence-electron chi connectivity index (χ0n) is 11.9. The molecule has 2 aliphatic heterocycles. The van der Waals surface area contributed by atoms with Crippen molar-refractivity contribution in [1.82, 2.24) is 4.90 Å². The molecule has 0 aliphatic carbocycles. The van der Waals surface area contributed by atoms with Gasteiger partial charge >= 0.3 is 0 Å². The minimum Gasteiger partial charge on any atom is -0.378 e. The fourth-order valence-corrected chi connectivity index (χ4v) is 3.17. The van der Waals surface area contributed by atoms with E-state index in [4.69, 9.17) is 4.74 Å². The summed E-state index contributed by atoms with van der Waals surface area (Å²) in [5.74, 6) is 0.387. The van der Waals surface area contributed by atoms with E-state index in [1.807, 2.05) is 4.90 Å². The first-order chi connectivity index (χ1) is 9.16. The van der Waals surface area contributed by atoms with E-state index in [2.05, 4.69) is 0 Å². The van der Waals surface area contributed by atoms with Crippen molar-refractivity contribution in [3.8, 4) is 0 Å². The average Bonchev–Trinajstić information content (AvgIpc) is 2.84. The van der Waals surface area contributed by atoms with Crippen LogP contribution >= 0.6 is 0 Å². The maximum absolute atomic E-state index is 12.2. The molecule has 2 atom stereocenters. The molecule has 2 heterocycles. The molecule has 0 aromatic rings. The van der Waals surface area contributed by atoms with Crippen molar-refractivity contribution in [2.75, 3.05) is 13.2 Å². The first kappa shape index (κ1) is 14.5. The van der Waals surface area contributed by atoms with Crippen LogP contribution < -0.4 is 0 Å². The third-order valence-corrected chi connectivity index (χ3v) is 4.17. The molecule has 0 spiro atoms. The standard InChI is InChI=1S/C15H25NO3/c1-12(17)11-13-5-4-9-16(13)15(18)8-7-14-6-2-3-10-19-14/h13-14H,2-11H2,1H3. The van der Waals surface area contributed by atoms with Crippen LogP contribution in [-0.2, 0) is 14.3 Å². The monoisotopic (exact) mass is 267 g/mol. The molecule has 1 amide bonds. The van der Waals surface area contributed by atoms with Gasteiger partial charge in [0.05, 0.1) is 6.10 Å². The molecule has 19 heavy (non-hydrogen) atoms. The molecule has 4 nitrogen and oxygen atoms in total. The molecule has 0 bridgehead atoms. The maximum atomic E-state index is 12.2. The molecule has 2 rings (SSSR count). The lowest BCUT2D eigenvalue weighted by molar-refractivity contribution is -0.133. The molecule has 0 saturated carbocycles. The Labute approximate surface area is 115 Å². The highest BCUT2D eigenvalue weighted by molar-refractivity contribution is 5.80. The predicted octanol–water partition coefficient (Wildman–Crippen LogP) is 2.31. The zero-order valence-corrected chi connectivity index (χ0v) is 11.9. The van der Waals surface area contributed by atoms with Crippen LogP contribution in [0.3, 0.4) is 0 Å². The fraction of sp³-hybridized carbons (Fsp3) is 0.867. The van der Waals surface area contributed by atoms with E-state index >= 15 is 0 Å². The van der Waals surface area contributed by atoms with Crippen LogP contribution in [0, 0.1) is 0 Å². The van der Waals surface area contributed by atoms with E-state index < -0.39 is 0 Å². The highest BCUT2D eigenvalue weighted by atomic mass is 16.5. The number of hydrogen-bond acceptors (Lipinski definition) is 3. The van der Waals surface area contributed by atoms with Gasteiger partial charge in [0.25, 0.3) is 0 Å². The van der Waals surface area contributed by atoms with Gasteiger partial charge < -0.3 is 9.64 Å². The summed E-state index contributed by atoms with van der Waals surface area (Å²) in [6, 6.07) is 0.150. The van der Waals surface area contributed by atoms with Crippen molar-refractivity contribution >= 4 is 11.7 Å². The van der Waals surface area contributed by atoms with Crippen LogP contribution in [-0.4, -0.2) is 41.9 Å². The highest BCUT2D eigenvalue weighted by Gasteiger charge is 2.29. The number of ketones is 1. The van der Waals surface area contributed by atoms with E-state index in [0.717, 1.165) is 45.3 Å². The largest absolute Gasteiger partial charge is 0.378 e. The van der Waals surface area contributed by atoms with E-state index in [1.54, 1.807) is 6.92 Å². The van der Waals surface area contributed by atoms with Gasteiger partial charge in [0, 0.05) is 32.0 Å². The minimum absolute atomic E-state index is 0.150. The van der Waals surface area contributed by atoms with Crippen LogP contribution in [0.5, 0.6) is 0 Å². The van der Waals surface area contributed by atoms with E-state index in [9.17, 15) is 9.59 Å². The quantitative estimate of drug-likeness (QED) is 0.768. The third-order valence-electron chi connectivity index (χ3n) is 4.17. The molecule has 2 fully saturated rings. The number of hydrogen-bond donors (Lipinski definition) is 0. The second-order valence-corrected chi connectivity index (χ2v) is 5.82. The lowest BCUT2D eigenvalue weighted by Gasteiger charge is -2.26. The fourth-order valence-electron chi connectivity index (χ4n) is 3.17. The smallest absolute Gasteiger partial charge is 0.222 e.